The van der Waals surface area contributed by atoms with Gasteiger partial charge in [-0.05, 0) is 74.2 Å². The van der Waals surface area contributed by atoms with Crippen LogP contribution in [0.2, 0.25) is 0 Å². The lowest BCUT2D eigenvalue weighted by Crippen LogP contribution is -2.54. The Labute approximate surface area is 230 Å². The molecule has 0 aliphatic carbocycles. The Morgan fingerprint density at radius 2 is 1.87 bits per heavy atom. The van der Waals surface area contributed by atoms with Gasteiger partial charge in [0.2, 0.25) is 10.0 Å². The van der Waals surface area contributed by atoms with Gasteiger partial charge >= 0.3 is 0 Å². The number of hydrogen-bond donors (Lipinski definition) is 1. The van der Waals surface area contributed by atoms with Crippen molar-refractivity contribution in [3.8, 4) is 0 Å². The van der Waals surface area contributed by atoms with Crippen LogP contribution >= 0.6 is 0 Å². The van der Waals surface area contributed by atoms with Crippen LogP contribution in [0.4, 0.5) is 21.5 Å². The third-order valence-corrected chi connectivity index (χ3v) is 9.59. The van der Waals surface area contributed by atoms with Crippen LogP contribution in [-0.2, 0) is 21.2 Å². The number of nitrogens with two attached hydrogens (primary N) is 1. The molecule has 2 aliphatic heterocycles. The molecule has 2 saturated heterocycles. The fourth-order valence-corrected chi connectivity index (χ4v) is 7.04. The van der Waals surface area contributed by atoms with Crippen molar-refractivity contribution < 1.29 is 17.5 Å². The molecular formula is C28H37FN6O3S. The third-order valence-electron chi connectivity index (χ3n) is 7.63. The Kier molecular flexibility index (Phi) is 8.22. The van der Waals surface area contributed by atoms with Crippen molar-refractivity contribution in [2.24, 2.45) is 5.84 Å². The van der Waals surface area contributed by atoms with E-state index in [1.165, 1.54) is 18.3 Å². The highest BCUT2D eigenvalue weighted by Gasteiger charge is 2.35. The average Bonchev–Trinajstić information content (AvgIpc) is 3.45. The van der Waals surface area contributed by atoms with Gasteiger partial charge in [0, 0.05) is 50.8 Å². The van der Waals surface area contributed by atoms with Gasteiger partial charge in [0.15, 0.2) is 0 Å². The Morgan fingerprint density at radius 1 is 1.13 bits per heavy atom. The van der Waals surface area contributed by atoms with Crippen LogP contribution in [0.5, 0.6) is 0 Å². The van der Waals surface area contributed by atoms with Crippen LogP contribution in [0.15, 0.2) is 59.8 Å². The first-order valence-electron chi connectivity index (χ1n) is 13.6. The maximum atomic E-state index is 13.5. The van der Waals surface area contributed by atoms with Crippen LogP contribution in [0.25, 0.3) is 0 Å². The van der Waals surface area contributed by atoms with Crippen LogP contribution in [0, 0.1) is 5.82 Å². The van der Waals surface area contributed by atoms with Crippen LogP contribution in [0.1, 0.15) is 44.7 Å². The number of sulfonamides is 1. The molecule has 2 aromatic carbocycles. The second kappa shape index (κ2) is 11.6. The van der Waals surface area contributed by atoms with E-state index in [2.05, 4.69) is 23.0 Å². The highest BCUT2D eigenvalue weighted by Crippen LogP contribution is 2.32. The summed E-state index contributed by atoms with van der Waals surface area (Å²) in [6, 6.07) is 12.2. The zero-order chi connectivity index (χ0) is 27.6. The van der Waals surface area contributed by atoms with Crippen molar-refractivity contribution in [2.45, 2.75) is 56.5 Å². The molecule has 0 spiro atoms. The Morgan fingerprint density at radius 3 is 2.56 bits per heavy atom. The molecule has 2 aliphatic rings. The molecule has 0 radical (unpaired) electrons. The van der Waals surface area contributed by atoms with Crippen molar-refractivity contribution in [3.63, 3.8) is 0 Å². The van der Waals surface area contributed by atoms with E-state index in [4.69, 9.17) is 10.6 Å². The van der Waals surface area contributed by atoms with Gasteiger partial charge in [0.1, 0.15) is 10.7 Å². The minimum absolute atomic E-state index is 0.171. The van der Waals surface area contributed by atoms with Crippen molar-refractivity contribution in [1.29, 1.82) is 0 Å². The maximum Gasteiger partial charge on any atom is 0.246 e. The zero-order valence-electron chi connectivity index (χ0n) is 22.5. The molecule has 2 N–H and O–H groups in total. The summed E-state index contributed by atoms with van der Waals surface area (Å²) in [5.74, 6) is 6.12. The molecule has 1 atom stereocenters. The highest BCUT2D eigenvalue weighted by molar-refractivity contribution is 7.89. The number of anilines is 3. The molecule has 0 unspecified atom stereocenters. The van der Waals surface area contributed by atoms with Gasteiger partial charge < -0.3 is 9.64 Å². The summed E-state index contributed by atoms with van der Waals surface area (Å²) in [5, 5.41) is 5.96. The van der Waals surface area contributed by atoms with Crippen LogP contribution in [0.3, 0.4) is 0 Å². The summed E-state index contributed by atoms with van der Waals surface area (Å²) in [4.78, 5) is 2.47. The number of ether oxygens (including phenoxy) is 1. The summed E-state index contributed by atoms with van der Waals surface area (Å²) in [6.45, 7) is 6.93. The first kappa shape index (κ1) is 27.6. The molecule has 11 heteroatoms. The molecule has 210 valence electrons. The predicted molar refractivity (Wildman–Crippen MR) is 150 cm³/mol. The van der Waals surface area contributed by atoms with Crippen LogP contribution in [-0.4, -0.2) is 61.4 Å². The molecular weight excluding hydrogens is 519 g/mol. The molecule has 1 aromatic heterocycles. The average molecular weight is 557 g/mol. The van der Waals surface area contributed by atoms with E-state index in [0.29, 0.717) is 38.5 Å². The quantitative estimate of drug-likeness (QED) is 0.328. The minimum Gasteiger partial charge on any atom is -0.381 e. The smallest absolute Gasteiger partial charge is 0.246 e. The molecule has 5 rings (SSSR count). The lowest BCUT2D eigenvalue weighted by molar-refractivity contribution is 0.0662. The minimum atomic E-state index is -3.66. The summed E-state index contributed by atoms with van der Waals surface area (Å²) in [7, 11) is -3.66. The van der Waals surface area contributed by atoms with Gasteiger partial charge in [-0.25, -0.2) is 18.7 Å². The van der Waals surface area contributed by atoms with E-state index in [1.807, 2.05) is 19.1 Å². The summed E-state index contributed by atoms with van der Waals surface area (Å²) in [6.07, 6.45) is 6.58. The largest absolute Gasteiger partial charge is 0.381 e. The highest BCUT2D eigenvalue weighted by atomic mass is 32.2. The molecule has 0 bridgehead atoms. The van der Waals surface area contributed by atoms with Crippen molar-refractivity contribution >= 4 is 27.1 Å². The Balaban J connectivity index is 1.31. The van der Waals surface area contributed by atoms with E-state index in [1.54, 1.807) is 32.3 Å². The molecule has 3 heterocycles. The number of hydrogen-bond acceptors (Lipinski definition) is 7. The molecule has 39 heavy (non-hydrogen) atoms. The number of aryl methyl sites for hydroxylation is 1. The Bertz CT molecular complexity index is 1370. The summed E-state index contributed by atoms with van der Waals surface area (Å²) >= 11 is 0. The molecule has 2 fully saturated rings. The van der Waals surface area contributed by atoms with E-state index >= 15 is 0 Å². The second-order valence-electron chi connectivity index (χ2n) is 10.3. The monoisotopic (exact) mass is 556 g/mol. The Hall–Kier alpha value is -2.99. The molecule has 3 aromatic rings. The van der Waals surface area contributed by atoms with E-state index < -0.39 is 10.0 Å². The lowest BCUT2D eigenvalue weighted by atomic mass is 10.0. The number of halogens is 1. The van der Waals surface area contributed by atoms with Gasteiger partial charge in [0.25, 0.3) is 0 Å². The fraction of sp³-hybridized carbons (Fsp3) is 0.464. The second-order valence-corrected chi connectivity index (χ2v) is 12.2. The van der Waals surface area contributed by atoms with Gasteiger partial charge in [-0.1, -0.05) is 13.3 Å². The van der Waals surface area contributed by atoms with Gasteiger partial charge in [-0.15, -0.1) is 0 Å². The number of rotatable bonds is 8. The zero-order valence-corrected chi connectivity index (χ0v) is 23.4. The standard InChI is InChI=1S/C28H37FN6O3S/c1-3-4-22-17-26(9-10-28(22)35(30)25-7-5-23(29)6-8-25)32-13-14-34(21(2)19-32)39(36,37)27-18-31-33(20-27)24-11-15-38-16-12-24/h5-10,17-18,20-21,24H,3-4,11-16,19,30H2,1-2H3/t21-/m1/s1. The maximum absolute atomic E-state index is 13.5. The van der Waals surface area contributed by atoms with Gasteiger partial charge in [-0.3, -0.25) is 9.69 Å². The number of hydrazine groups is 1. The van der Waals surface area contributed by atoms with Crippen molar-refractivity contribution in [3.05, 3.63) is 66.2 Å². The normalized spacial score (nSPS) is 19.4. The predicted octanol–water partition coefficient (Wildman–Crippen LogP) is 4.24. The van der Waals surface area contributed by atoms with E-state index in [-0.39, 0.29) is 22.8 Å². The third kappa shape index (κ3) is 5.81. The van der Waals surface area contributed by atoms with Gasteiger partial charge in [0.05, 0.1) is 23.6 Å². The van der Waals surface area contributed by atoms with E-state index in [9.17, 15) is 12.8 Å². The summed E-state index contributed by atoms with van der Waals surface area (Å²) < 4.78 is 49.3. The molecule has 0 saturated carbocycles. The van der Waals surface area contributed by atoms with Crippen LogP contribution < -0.4 is 15.8 Å². The topological polar surface area (TPSA) is 96.9 Å². The van der Waals surface area contributed by atoms with Crippen molar-refractivity contribution in [2.75, 3.05) is 42.8 Å². The van der Waals surface area contributed by atoms with Crippen molar-refractivity contribution in [1.82, 2.24) is 14.1 Å². The number of benzene rings is 2. The number of aromatic nitrogens is 2. The first-order chi connectivity index (χ1) is 18.8. The number of piperazine rings is 1. The molecule has 9 nitrogen and oxygen atoms in total. The summed E-state index contributed by atoms with van der Waals surface area (Å²) in [5.41, 5.74) is 3.69. The SMILES string of the molecule is CCCc1cc(N2CCN(S(=O)(=O)c3cnn(C4CCOCC4)c3)[C@H](C)C2)ccc1N(N)c1ccc(F)cc1. The van der Waals surface area contributed by atoms with E-state index in [0.717, 1.165) is 42.6 Å². The number of nitrogens with zero attached hydrogens (tertiary/aromatic N) is 5. The fourth-order valence-electron chi connectivity index (χ4n) is 5.49. The van der Waals surface area contributed by atoms with Gasteiger partial charge in [-0.2, -0.15) is 9.40 Å². The first-order valence-corrected chi connectivity index (χ1v) is 15.0. The lowest BCUT2D eigenvalue weighted by Gasteiger charge is -2.40. The molecule has 0 amide bonds.